The fourth-order valence-corrected chi connectivity index (χ4v) is 5.34. The summed E-state index contributed by atoms with van der Waals surface area (Å²) in [6, 6.07) is 11.4. The Morgan fingerprint density at radius 2 is 2.00 bits per heavy atom. The van der Waals surface area contributed by atoms with E-state index in [0.29, 0.717) is 44.8 Å². The number of urea groups is 1. The highest BCUT2D eigenvalue weighted by Crippen LogP contribution is 2.39. The number of benzene rings is 1. The highest BCUT2D eigenvalue weighted by molar-refractivity contribution is 5.94. The van der Waals surface area contributed by atoms with Crippen LogP contribution < -0.4 is 9.64 Å². The largest absolute Gasteiger partial charge is 0.497 e. The molecule has 10 heteroatoms. The number of pyridine rings is 1. The zero-order valence-electron chi connectivity index (χ0n) is 20.5. The molecule has 2 aliphatic heterocycles. The molecule has 0 bridgehead atoms. The molecule has 0 radical (unpaired) electrons. The number of halogens is 2. The van der Waals surface area contributed by atoms with E-state index in [0.717, 1.165) is 28.1 Å². The van der Waals surface area contributed by atoms with Crippen molar-refractivity contribution in [2.45, 2.75) is 38.3 Å². The van der Waals surface area contributed by atoms with Crippen molar-refractivity contribution in [3.05, 3.63) is 60.0 Å². The smallest absolute Gasteiger partial charge is 0.326 e. The van der Waals surface area contributed by atoms with Gasteiger partial charge in [0.15, 0.2) is 0 Å². The highest BCUT2D eigenvalue weighted by atomic mass is 19.3. The minimum atomic E-state index is -2.37. The molecule has 36 heavy (non-hydrogen) atoms. The lowest BCUT2D eigenvalue weighted by molar-refractivity contribution is 0.0340. The van der Waals surface area contributed by atoms with Crippen LogP contribution in [0, 0.1) is 6.92 Å². The third-order valence-electron chi connectivity index (χ3n) is 7.30. The van der Waals surface area contributed by atoms with Crippen molar-refractivity contribution < 1.29 is 18.3 Å². The lowest BCUT2D eigenvalue weighted by Crippen LogP contribution is -2.54. The molecule has 190 valence electrons. The van der Waals surface area contributed by atoms with E-state index in [1.165, 1.54) is 0 Å². The molecular weight excluding hydrogens is 466 g/mol. The molecule has 1 aromatic carbocycles. The maximum Gasteiger partial charge on any atom is 0.326 e. The fourth-order valence-electron chi connectivity index (χ4n) is 5.34. The number of aromatic amines is 1. The average Bonchev–Trinajstić information content (AvgIpc) is 3.49. The number of carbonyl (C=O) groups excluding carboxylic acids is 1. The first-order valence-corrected chi connectivity index (χ1v) is 12.1. The summed E-state index contributed by atoms with van der Waals surface area (Å²) >= 11 is 0. The van der Waals surface area contributed by atoms with Gasteiger partial charge in [-0.3, -0.25) is 14.9 Å². The zero-order chi connectivity index (χ0) is 25.3. The number of anilines is 1. The molecule has 2 saturated heterocycles. The number of nitrogens with zero attached hydrogens (tertiary/aromatic N) is 5. The van der Waals surface area contributed by atoms with Crippen LogP contribution in [-0.4, -0.2) is 76.3 Å². The number of amides is 2. The minimum absolute atomic E-state index is 0.122. The van der Waals surface area contributed by atoms with Gasteiger partial charge in [-0.1, -0.05) is 12.1 Å². The van der Waals surface area contributed by atoms with Gasteiger partial charge in [-0.15, -0.1) is 0 Å². The van der Waals surface area contributed by atoms with Crippen molar-refractivity contribution in [1.29, 1.82) is 0 Å². The number of piperidine rings is 1. The highest BCUT2D eigenvalue weighted by Gasteiger charge is 2.51. The topological polar surface area (TPSA) is 77.6 Å². The second-order valence-electron chi connectivity index (χ2n) is 9.51. The SMILES string of the molecule is COc1cccc(CN2C(=O)N(c3ccc(-c4cn[nH]c4)c(C)n3)CC23CCN(CC(F)F)CC3)c1. The summed E-state index contributed by atoms with van der Waals surface area (Å²) < 4.78 is 31.4. The fraction of sp³-hybridized carbons (Fsp3) is 0.423. The molecule has 8 nitrogen and oxygen atoms in total. The van der Waals surface area contributed by atoms with Gasteiger partial charge in [-0.2, -0.15) is 5.10 Å². The second kappa shape index (κ2) is 9.85. The number of aryl methyl sites for hydroxylation is 1. The maximum atomic E-state index is 13.9. The first-order valence-electron chi connectivity index (χ1n) is 12.1. The third kappa shape index (κ3) is 4.65. The number of hydrogen-bond donors (Lipinski definition) is 1. The molecule has 2 aliphatic rings. The van der Waals surface area contributed by atoms with Gasteiger partial charge in [0.2, 0.25) is 0 Å². The molecule has 1 spiro atoms. The average molecular weight is 497 g/mol. The van der Waals surface area contributed by atoms with Crippen LogP contribution in [0.25, 0.3) is 11.1 Å². The zero-order valence-corrected chi connectivity index (χ0v) is 20.5. The Hall–Kier alpha value is -3.53. The van der Waals surface area contributed by atoms with Crippen molar-refractivity contribution in [2.24, 2.45) is 0 Å². The quantitative estimate of drug-likeness (QED) is 0.527. The maximum absolute atomic E-state index is 13.9. The normalized spacial score (nSPS) is 18.0. The number of ether oxygens (including phenoxy) is 1. The number of nitrogens with one attached hydrogen (secondary N) is 1. The van der Waals surface area contributed by atoms with Crippen molar-refractivity contribution >= 4 is 11.8 Å². The predicted octanol–water partition coefficient (Wildman–Crippen LogP) is 4.33. The molecule has 0 aliphatic carbocycles. The summed E-state index contributed by atoms with van der Waals surface area (Å²) in [4.78, 5) is 24.0. The van der Waals surface area contributed by atoms with Gasteiger partial charge in [-0.05, 0) is 49.6 Å². The summed E-state index contributed by atoms with van der Waals surface area (Å²) in [6.07, 6.45) is 2.43. The van der Waals surface area contributed by atoms with E-state index in [4.69, 9.17) is 9.72 Å². The summed E-state index contributed by atoms with van der Waals surface area (Å²) in [5.74, 6) is 1.32. The molecule has 4 heterocycles. The molecule has 5 rings (SSSR count). The Morgan fingerprint density at radius 1 is 1.19 bits per heavy atom. The van der Waals surface area contributed by atoms with Gasteiger partial charge in [0.05, 0.1) is 31.9 Å². The van der Waals surface area contributed by atoms with E-state index in [9.17, 15) is 13.6 Å². The molecular formula is C26H30F2N6O2. The standard InChI is InChI=1S/C26H30F2N6O2/c1-18-22(20-13-29-30-14-20)6-7-24(31-18)33-17-26(8-10-32(11-9-26)16-23(27)28)34(25(33)35)15-19-4-3-5-21(12-19)36-2/h3-7,12-14,23H,8-11,15-17H2,1-2H3,(H,29,30). The Labute approximate surface area is 208 Å². The lowest BCUT2D eigenvalue weighted by atomic mass is 9.86. The van der Waals surface area contributed by atoms with Crippen LogP contribution >= 0.6 is 0 Å². The van der Waals surface area contributed by atoms with Gasteiger partial charge in [0.25, 0.3) is 6.43 Å². The Kier molecular flexibility index (Phi) is 6.61. The van der Waals surface area contributed by atoms with Crippen LogP contribution in [-0.2, 0) is 6.54 Å². The third-order valence-corrected chi connectivity index (χ3v) is 7.30. The van der Waals surface area contributed by atoms with Crippen LogP contribution in [0.15, 0.2) is 48.8 Å². The van der Waals surface area contributed by atoms with E-state index < -0.39 is 12.0 Å². The molecule has 2 fully saturated rings. The summed E-state index contributed by atoms with van der Waals surface area (Å²) in [7, 11) is 1.61. The van der Waals surface area contributed by atoms with E-state index >= 15 is 0 Å². The number of hydrogen-bond acceptors (Lipinski definition) is 5. The molecule has 1 N–H and O–H groups in total. The van der Waals surface area contributed by atoms with E-state index in [-0.39, 0.29) is 12.6 Å². The number of carbonyl (C=O) groups is 1. The monoisotopic (exact) mass is 496 g/mol. The Morgan fingerprint density at radius 3 is 2.67 bits per heavy atom. The van der Waals surface area contributed by atoms with Crippen LogP contribution in [0.1, 0.15) is 24.1 Å². The molecule has 3 aromatic rings. The minimum Gasteiger partial charge on any atom is -0.497 e. The number of H-pyrrole nitrogens is 1. The van der Waals surface area contributed by atoms with Gasteiger partial charge < -0.3 is 9.64 Å². The van der Waals surface area contributed by atoms with Crippen LogP contribution in [0.2, 0.25) is 0 Å². The summed E-state index contributed by atoms with van der Waals surface area (Å²) in [5.41, 5.74) is 3.17. The van der Waals surface area contributed by atoms with Gasteiger partial charge in [0.1, 0.15) is 11.6 Å². The van der Waals surface area contributed by atoms with Crippen LogP contribution in [0.4, 0.5) is 19.4 Å². The van der Waals surface area contributed by atoms with E-state index in [1.807, 2.05) is 54.4 Å². The van der Waals surface area contributed by atoms with Gasteiger partial charge >= 0.3 is 6.03 Å². The Bertz CT molecular complexity index is 1210. The molecule has 2 aromatic heterocycles. The summed E-state index contributed by atoms with van der Waals surface area (Å²) in [5, 5.41) is 6.83. The number of alkyl halides is 2. The second-order valence-corrected chi connectivity index (χ2v) is 9.51. The first-order chi connectivity index (χ1) is 17.4. The number of aromatic nitrogens is 3. The van der Waals surface area contributed by atoms with Gasteiger partial charge in [0, 0.05) is 42.7 Å². The lowest BCUT2D eigenvalue weighted by Gasteiger charge is -2.43. The molecule has 0 unspecified atom stereocenters. The molecule has 0 saturated carbocycles. The van der Waals surface area contributed by atoms with Crippen molar-refractivity contribution in [1.82, 2.24) is 25.0 Å². The van der Waals surface area contributed by atoms with Crippen LogP contribution in [0.3, 0.4) is 0 Å². The Balaban J connectivity index is 1.44. The predicted molar refractivity (Wildman–Crippen MR) is 132 cm³/mol. The molecule has 2 amide bonds. The van der Waals surface area contributed by atoms with E-state index in [1.54, 1.807) is 23.1 Å². The van der Waals surface area contributed by atoms with Gasteiger partial charge in [-0.25, -0.2) is 18.6 Å². The number of rotatable bonds is 7. The number of likely N-dealkylation sites (tertiary alicyclic amines) is 1. The van der Waals surface area contributed by atoms with Crippen molar-refractivity contribution in [2.75, 3.05) is 38.2 Å². The summed E-state index contributed by atoms with van der Waals surface area (Å²) in [6.45, 7) is 3.60. The van der Waals surface area contributed by atoms with Crippen molar-refractivity contribution in [3.8, 4) is 16.9 Å². The van der Waals surface area contributed by atoms with Crippen molar-refractivity contribution in [3.63, 3.8) is 0 Å². The number of methoxy groups -OCH3 is 1. The molecule has 0 atom stereocenters. The van der Waals surface area contributed by atoms with E-state index in [2.05, 4.69) is 10.2 Å². The van der Waals surface area contributed by atoms with Crippen LogP contribution in [0.5, 0.6) is 5.75 Å². The first kappa shape index (κ1) is 24.2.